The van der Waals surface area contributed by atoms with Gasteiger partial charge in [-0.15, -0.1) is 0 Å². The first-order valence-corrected chi connectivity index (χ1v) is 6.40. The topological polar surface area (TPSA) is 63.4 Å². The molecule has 2 rings (SSSR count). The van der Waals surface area contributed by atoms with Crippen molar-refractivity contribution in [3.05, 3.63) is 24.0 Å². The molecule has 0 bridgehead atoms. The van der Waals surface area contributed by atoms with Crippen LogP contribution in [0.15, 0.2) is 23.1 Å². The second-order valence-corrected chi connectivity index (χ2v) is 5.90. The molecule has 0 aromatic heterocycles. The number of rotatable bonds is 3. The van der Waals surface area contributed by atoms with E-state index < -0.39 is 15.8 Å². The third kappa shape index (κ3) is 1.90. The monoisotopic (exact) mass is 244 g/mol. The lowest BCUT2D eigenvalue weighted by Crippen LogP contribution is -2.29. The Morgan fingerprint density at radius 1 is 1.44 bits per heavy atom. The molecular weight excluding hydrogens is 231 g/mol. The smallest absolute Gasteiger partial charge is 0.245 e. The Labute approximate surface area is 93.9 Å². The number of halogens is 1. The van der Waals surface area contributed by atoms with Gasteiger partial charge in [-0.2, -0.15) is 4.31 Å². The third-order valence-corrected chi connectivity index (χ3v) is 4.66. The largest absolute Gasteiger partial charge is 0.398 e. The Morgan fingerprint density at radius 3 is 2.62 bits per heavy atom. The first kappa shape index (κ1) is 11.3. The van der Waals surface area contributed by atoms with Crippen LogP contribution in [0.1, 0.15) is 12.8 Å². The Bertz CT molecular complexity index is 512. The quantitative estimate of drug-likeness (QED) is 0.812. The average molecular weight is 244 g/mol. The van der Waals surface area contributed by atoms with Gasteiger partial charge < -0.3 is 5.73 Å². The Balaban J connectivity index is 2.45. The van der Waals surface area contributed by atoms with Crippen molar-refractivity contribution < 1.29 is 12.8 Å². The van der Waals surface area contributed by atoms with Gasteiger partial charge in [0.2, 0.25) is 10.0 Å². The van der Waals surface area contributed by atoms with Crippen LogP contribution < -0.4 is 5.73 Å². The predicted octanol–water partition coefficient (Wildman–Crippen LogP) is 1.19. The highest BCUT2D eigenvalue weighted by molar-refractivity contribution is 7.89. The first-order valence-electron chi connectivity index (χ1n) is 4.96. The van der Waals surface area contributed by atoms with Crippen LogP contribution in [0.3, 0.4) is 0 Å². The van der Waals surface area contributed by atoms with Gasteiger partial charge in [0.1, 0.15) is 10.7 Å². The minimum Gasteiger partial charge on any atom is -0.398 e. The zero-order chi connectivity index (χ0) is 11.9. The molecule has 16 heavy (non-hydrogen) atoms. The van der Waals surface area contributed by atoms with E-state index in [2.05, 4.69) is 0 Å². The molecule has 0 heterocycles. The molecule has 6 heteroatoms. The molecule has 0 amide bonds. The van der Waals surface area contributed by atoms with Crippen LogP contribution in [0.5, 0.6) is 0 Å². The molecule has 0 saturated heterocycles. The lowest BCUT2D eigenvalue weighted by Gasteiger charge is -2.17. The minimum absolute atomic E-state index is 0.0349. The number of nitrogens with zero attached hydrogens (tertiary/aromatic N) is 1. The van der Waals surface area contributed by atoms with Crippen LogP contribution in [-0.2, 0) is 10.0 Å². The summed E-state index contributed by atoms with van der Waals surface area (Å²) in [5.41, 5.74) is 5.64. The maximum Gasteiger partial charge on any atom is 0.245 e. The first-order chi connectivity index (χ1) is 7.43. The highest BCUT2D eigenvalue weighted by atomic mass is 32.2. The van der Waals surface area contributed by atoms with E-state index in [-0.39, 0.29) is 16.6 Å². The Kier molecular flexibility index (Phi) is 2.63. The summed E-state index contributed by atoms with van der Waals surface area (Å²) < 4.78 is 38.4. The summed E-state index contributed by atoms with van der Waals surface area (Å²) in [6.45, 7) is 0. The van der Waals surface area contributed by atoms with E-state index in [1.807, 2.05) is 0 Å². The van der Waals surface area contributed by atoms with Crippen molar-refractivity contribution in [1.29, 1.82) is 0 Å². The second kappa shape index (κ2) is 3.71. The van der Waals surface area contributed by atoms with Gasteiger partial charge in [0.25, 0.3) is 0 Å². The molecule has 0 spiro atoms. The zero-order valence-corrected chi connectivity index (χ0v) is 9.67. The molecule has 0 aliphatic heterocycles. The van der Waals surface area contributed by atoms with Crippen LogP contribution in [-0.4, -0.2) is 25.8 Å². The molecule has 4 nitrogen and oxygen atoms in total. The van der Waals surface area contributed by atoms with Crippen molar-refractivity contribution in [3.63, 3.8) is 0 Å². The Morgan fingerprint density at radius 2 is 2.06 bits per heavy atom. The second-order valence-electron chi connectivity index (χ2n) is 3.93. The van der Waals surface area contributed by atoms with E-state index in [9.17, 15) is 12.8 Å². The summed E-state index contributed by atoms with van der Waals surface area (Å²) >= 11 is 0. The van der Waals surface area contributed by atoms with Crippen LogP contribution in [0, 0.1) is 5.82 Å². The maximum absolute atomic E-state index is 13.0. The standard InChI is InChI=1S/C10H13FN2O2S/c1-13(8-3-4-8)16(14,15)10-6-7(11)2-5-9(10)12/h2,5-6,8H,3-4,12H2,1H3. The summed E-state index contributed by atoms with van der Waals surface area (Å²) in [6, 6.07) is 3.41. The number of sulfonamides is 1. The number of nitrogens with two attached hydrogens (primary N) is 1. The van der Waals surface area contributed by atoms with Crippen LogP contribution in [0.2, 0.25) is 0 Å². The van der Waals surface area contributed by atoms with Gasteiger partial charge in [-0.05, 0) is 31.0 Å². The van der Waals surface area contributed by atoms with Gasteiger partial charge in [-0.25, -0.2) is 12.8 Å². The fourth-order valence-corrected chi connectivity index (χ4v) is 3.06. The lowest BCUT2D eigenvalue weighted by atomic mass is 10.3. The highest BCUT2D eigenvalue weighted by Crippen LogP contribution is 2.32. The van der Waals surface area contributed by atoms with E-state index in [4.69, 9.17) is 5.73 Å². The molecule has 1 aliphatic carbocycles. The summed E-state index contributed by atoms with van der Waals surface area (Å²) in [4.78, 5) is -0.151. The molecule has 1 aromatic carbocycles. The average Bonchev–Trinajstić information content (AvgIpc) is 3.04. The van der Waals surface area contributed by atoms with E-state index in [0.29, 0.717) is 0 Å². The van der Waals surface area contributed by atoms with E-state index in [1.54, 1.807) is 0 Å². The van der Waals surface area contributed by atoms with Gasteiger partial charge in [-0.1, -0.05) is 0 Å². The Hall–Kier alpha value is -1.14. The van der Waals surface area contributed by atoms with Gasteiger partial charge >= 0.3 is 0 Å². The number of nitrogen functional groups attached to an aromatic ring is 1. The summed E-state index contributed by atoms with van der Waals surface area (Å²) in [5.74, 6) is -0.600. The fourth-order valence-electron chi connectivity index (χ4n) is 1.52. The lowest BCUT2D eigenvalue weighted by molar-refractivity contribution is 0.464. The number of hydrogen-bond donors (Lipinski definition) is 1. The van der Waals surface area contributed by atoms with Crippen molar-refractivity contribution in [2.75, 3.05) is 12.8 Å². The molecule has 1 fully saturated rings. The van der Waals surface area contributed by atoms with Crippen LogP contribution in [0.25, 0.3) is 0 Å². The van der Waals surface area contributed by atoms with Crippen LogP contribution >= 0.6 is 0 Å². The van der Waals surface area contributed by atoms with Gasteiger partial charge in [0.15, 0.2) is 0 Å². The molecule has 1 aromatic rings. The molecule has 0 radical (unpaired) electrons. The molecule has 88 valence electrons. The normalized spacial score (nSPS) is 16.7. The van der Waals surface area contributed by atoms with Crippen molar-refractivity contribution in [2.45, 2.75) is 23.8 Å². The minimum atomic E-state index is -3.66. The van der Waals surface area contributed by atoms with Gasteiger partial charge in [0, 0.05) is 13.1 Å². The van der Waals surface area contributed by atoms with Crippen molar-refractivity contribution in [2.24, 2.45) is 0 Å². The van der Waals surface area contributed by atoms with E-state index >= 15 is 0 Å². The summed E-state index contributed by atoms with van der Waals surface area (Å²) in [6.07, 6.45) is 1.70. The molecule has 1 aliphatic rings. The van der Waals surface area contributed by atoms with Crippen molar-refractivity contribution in [1.82, 2.24) is 4.31 Å². The summed E-state index contributed by atoms with van der Waals surface area (Å²) in [5, 5.41) is 0. The number of hydrogen-bond acceptors (Lipinski definition) is 3. The number of benzene rings is 1. The molecule has 0 unspecified atom stereocenters. The van der Waals surface area contributed by atoms with Crippen LogP contribution in [0.4, 0.5) is 10.1 Å². The summed E-state index contributed by atoms with van der Waals surface area (Å²) in [7, 11) is -2.16. The molecule has 0 atom stereocenters. The zero-order valence-electron chi connectivity index (χ0n) is 8.85. The van der Waals surface area contributed by atoms with Gasteiger partial charge in [-0.3, -0.25) is 0 Å². The SMILES string of the molecule is CN(C1CC1)S(=O)(=O)c1cc(F)ccc1N. The van der Waals surface area contributed by atoms with E-state index in [1.165, 1.54) is 17.4 Å². The fraction of sp³-hybridized carbons (Fsp3) is 0.400. The molecular formula is C10H13FN2O2S. The predicted molar refractivity (Wildman–Crippen MR) is 58.8 cm³/mol. The molecule has 2 N–H and O–H groups in total. The highest BCUT2D eigenvalue weighted by Gasteiger charge is 2.36. The van der Waals surface area contributed by atoms with Gasteiger partial charge in [0.05, 0.1) is 5.69 Å². The third-order valence-electron chi connectivity index (χ3n) is 2.69. The van der Waals surface area contributed by atoms with Crippen molar-refractivity contribution >= 4 is 15.7 Å². The maximum atomic E-state index is 13.0. The van der Waals surface area contributed by atoms with E-state index in [0.717, 1.165) is 25.0 Å². The number of anilines is 1. The molecule has 1 saturated carbocycles. The van der Waals surface area contributed by atoms with Crippen molar-refractivity contribution in [3.8, 4) is 0 Å².